The summed E-state index contributed by atoms with van der Waals surface area (Å²) >= 11 is 0. The maximum absolute atomic E-state index is 12.2. The molecule has 124 valence electrons. The maximum Gasteiger partial charge on any atom is 0.338 e. The van der Waals surface area contributed by atoms with Crippen LogP contribution in [0.25, 0.3) is 0 Å². The Labute approximate surface area is 136 Å². The number of carbonyl (C=O) groups excluding carboxylic acids is 1. The molecular formula is C20H32O2. The van der Waals surface area contributed by atoms with Crippen molar-refractivity contribution in [2.24, 2.45) is 5.92 Å². The van der Waals surface area contributed by atoms with Gasteiger partial charge in [0.05, 0.1) is 12.2 Å². The molecule has 0 unspecified atom stereocenters. The van der Waals surface area contributed by atoms with Crippen molar-refractivity contribution in [3.05, 3.63) is 34.4 Å². The number of hydrogen-bond donors (Lipinski definition) is 0. The minimum Gasteiger partial charge on any atom is -0.462 e. The first-order valence-electron chi connectivity index (χ1n) is 8.66. The van der Waals surface area contributed by atoms with Crippen LogP contribution in [0.3, 0.4) is 0 Å². The summed E-state index contributed by atoms with van der Waals surface area (Å²) in [6, 6.07) is 4.08. The Morgan fingerprint density at radius 1 is 0.955 bits per heavy atom. The monoisotopic (exact) mass is 304 g/mol. The van der Waals surface area contributed by atoms with E-state index < -0.39 is 0 Å². The fraction of sp³-hybridized carbons (Fsp3) is 0.650. The van der Waals surface area contributed by atoms with Gasteiger partial charge >= 0.3 is 5.97 Å². The summed E-state index contributed by atoms with van der Waals surface area (Å²) in [4.78, 5) is 12.2. The molecule has 0 aromatic heterocycles. The molecule has 0 radical (unpaired) electrons. The average molecular weight is 304 g/mol. The van der Waals surface area contributed by atoms with Gasteiger partial charge in [-0.05, 0) is 44.2 Å². The molecule has 2 heteroatoms. The topological polar surface area (TPSA) is 26.3 Å². The number of carbonyl (C=O) groups is 1. The van der Waals surface area contributed by atoms with E-state index >= 15 is 0 Å². The third-order valence-corrected chi connectivity index (χ3v) is 4.04. The van der Waals surface area contributed by atoms with Gasteiger partial charge < -0.3 is 4.74 Å². The summed E-state index contributed by atoms with van der Waals surface area (Å²) in [6.07, 6.45) is 7.30. The second kappa shape index (κ2) is 9.66. The average Bonchev–Trinajstić information content (AvgIpc) is 2.40. The van der Waals surface area contributed by atoms with Crippen LogP contribution in [-0.4, -0.2) is 12.6 Å². The van der Waals surface area contributed by atoms with Crippen molar-refractivity contribution >= 4 is 5.97 Å². The van der Waals surface area contributed by atoms with Gasteiger partial charge in [0.1, 0.15) is 0 Å². The van der Waals surface area contributed by atoms with E-state index in [1.165, 1.54) is 31.2 Å². The highest BCUT2D eigenvalue weighted by Gasteiger charge is 2.13. The molecule has 0 heterocycles. The number of rotatable bonds is 9. The molecule has 0 bridgehead atoms. The van der Waals surface area contributed by atoms with Crippen molar-refractivity contribution in [1.82, 2.24) is 0 Å². The summed E-state index contributed by atoms with van der Waals surface area (Å²) in [5.41, 5.74) is 3.95. The van der Waals surface area contributed by atoms with E-state index in [0.717, 1.165) is 35.4 Å². The molecule has 0 N–H and O–H groups in total. The molecule has 0 atom stereocenters. The van der Waals surface area contributed by atoms with Gasteiger partial charge in [-0.3, -0.25) is 0 Å². The van der Waals surface area contributed by atoms with Crippen LogP contribution >= 0.6 is 0 Å². The zero-order valence-corrected chi connectivity index (χ0v) is 15.0. The lowest BCUT2D eigenvalue weighted by Crippen LogP contribution is -2.10. The Morgan fingerprint density at radius 2 is 1.50 bits per heavy atom. The first-order valence-corrected chi connectivity index (χ1v) is 8.66. The van der Waals surface area contributed by atoms with Crippen molar-refractivity contribution in [2.75, 3.05) is 6.61 Å². The summed E-state index contributed by atoms with van der Waals surface area (Å²) in [5, 5.41) is 0. The Kier molecular flexibility index (Phi) is 8.22. The van der Waals surface area contributed by atoms with E-state index in [1.807, 2.05) is 26.0 Å². The van der Waals surface area contributed by atoms with E-state index in [9.17, 15) is 4.79 Å². The van der Waals surface area contributed by atoms with Crippen molar-refractivity contribution in [3.63, 3.8) is 0 Å². The van der Waals surface area contributed by atoms with Crippen molar-refractivity contribution < 1.29 is 9.53 Å². The molecule has 0 fully saturated rings. The Morgan fingerprint density at radius 3 is 2.09 bits per heavy atom. The fourth-order valence-corrected chi connectivity index (χ4v) is 2.92. The Balaban J connectivity index is 2.24. The minimum absolute atomic E-state index is 0.171. The van der Waals surface area contributed by atoms with Crippen LogP contribution in [0.2, 0.25) is 0 Å². The van der Waals surface area contributed by atoms with Crippen molar-refractivity contribution in [2.45, 2.75) is 73.1 Å². The number of esters is 1. The predicted molar refractivity (Wildman–Crippen MR) is 93.5 cm³/mol. The summed E-state index contributed by atoms with van der Waals surface area (Å²) in [6.45, 7) is 11.1. The number of aryl methyl sites for hydroxylation is 3. The van der Waals surface area contributed by atoms with E-state index in [-0.39, 0.29) is 5.97 Å². The van der Waals surface area contributed by atoms with Crippen molar-refractivity contribution in [3.8, 4) is 0 Å². The quantitative estimate of drug-likeness (QED) is 0.428. The zero-order valence-electron chi connectivity index (χ0n) is 15.0. The molecule has 0 spiro atoms. The molecule has 0 saturated carbocycles. The second-order valence-electron chi connectivity index (χ2n) is 6.86. The van der Waals surface area contributed by atoms with E-state index in [4.69, 9.17) is 4.74 Å². The molecule has 0 amide bonds. The van der Waals surface area contributed by atoms with Crippen LogP contribution in [0.15, 0.2) is 12.1 Å². The van der Waals surface area contributed by atoms with Gasteiger partial charge in [-0.2, -0.15) is 0 Å². The van der Waals surface area contributed by atoms with Gasteiger partial charge in [0.15, 0.2) is 0 Å². The van der Waals surface area contributed by atoms with Gasteiger partial charge in [0, 0.05) is 0 Å². The van der Waals surface area contributed by atoms with E-state index in [2.05, 4.69) is 20.8 Å². The molecule has 1 aromatic carbocycles. The smallest absolute Gasteiger partial charge is 0.338 e. The zero-order chi connectivity index (χ0) is 16.5. The fourth-order valence-electron chi connectivity index (χ4n) is 2.92. The molecule has 1 aromatic rings. The largest absolute Gasteiger partial charge is 0.462 e. The molecule has 0 aliphatic rings. The molecule has 22 heavy (non-hydrogen) atoms. The van der Waals surface area contributed by atoms with Crippen LogP contribution in [0.4, 0.5) is 0 Å². The summed E-state index contributed by atoms with van der Waals surface area (Å²) in [5.74, 6) is 0.636. The lowest BCUT2D eigenvalue weighted by molar-refractivity contribution is 0.0496. The maximum atomic E-state index is 12.2. The number of ether oxygens (including phenoxy) is 1. The molecule has 0 aliphatic heterocycles. The van der Waals surface area contributed by atoms with Gasteiger partial charge in [-0.15, -0.1) is 0 Å². The van der Waals surface area contributed by atoms with Crippen LogP contribution < -0.4 is 0 Å². The first-order chi connectivity index (χ1) is 10.4. The van der Waals surface area contributed by atoms with Crippen LogP contribution in [0.5, 0.6) is 0 Å². The standard InChI is InChI=1S/C20H32O2/c1-15(2)11-9-7-6-8-10-12-22-20(21)19-17(4)13-16(3)14-18(19)5/h13-15H,6-12H2,1-5H3. The van der Waals surface area contributed by atoms with Crippen molar-refractivity contribution in [1.29, 1.82) is 0 Å². The molecule has 0 aliphatic carbocycles. The molecular weight excluding hydrogens is 272 g/mol. The van der Waals surface area contributed by atoms with Gasteiger partial charge in [0.25, 0.3) is 0 Å². The lowest BCUT2D eigenvalue weighted by atomic mass is 10.00. The highest BCUT2D eigenvalue weighted by Crippen LogP contribution is 2.18. The normalized spacial score (nSPS) is 11.0. The van der Waals surface area contributed by atoms with Crippen LogP contribution in [0.1, 0.15) is 79.4 Å². The summed E-state index contributed by atoms with van der Waals surface area (Å²) < 4.78 is 5.44. The Hall–Kier alpha value is -1.31. The summed E-state index contributed by atoms with van der Waals surface area (Å²) in [7, 11) is 0. The number of unbranched alkanes of at least 4 members (excludes halogenated alkanes) is 4. The Bertz CT molecular complexity index is 452. The third-order valence-electron chi connectivity index (χ3n) is 4.04. The molecule has 1 rings (SSSR count). The van der Waals surface area contributed by atoms with Crippen LogP contribution in [0, 0.1) is 26.7 Å². The van der Waals surface area contributed by atoms with E-state index in [0.29, 0.717) is 6.61 Å². The second-order valence-corrected chi connectivity index (χ2v) is 6.86. The first kappa shape index (κ1) is 18.7. The minimum atomic E-state index is -0.171. The predicted octanol–water partition coefficient (Wildman–Crippen LogP) is 5.77. The van der Waals surface area contributed by atoms with Gasteiger partial charge in [0.2, 0.25) is 0 Å². The van der Waals surface area contributed by atoms with Crippen LogP contribution in [-0.2, 0) is 4.74 Å². The molecule has 0 saturated heterocycles. The number of benzene rings is 1. The third kappa shape index (κ3) is 6.64. The van der Waals surface area contributed by atoms with Gasteiger partial charge in [-0.1, -0.05) is 63.6 Å². The SMILES string of the molecule is Cc1cc(C)c(C(=O)OCCCCCCCC(C)C)c(C)c1. The van der Waals surface area contributed by atoms with E-state index in [1.54, 1.807) is 0 Å². The lowest BCUT2D eigenvalue weighted by Gasteiger charge is -2.11. The molecule has 2 nitrogen and oxygen atoms in total. The van der Waals surface area contributed by atoms with Gasteiger partial charge in [-0.25, -0.2) is 4.79 Å². The highest BCUT2D eigenvalue weighted by molar-refractivity contribution is 5.92. The highest BCUT2D eigenvalue weighted by atomic mass is 16.5. The number of hydrogen-bond acceptors (Lipinski definition) is 2.